The van der Waals surface area contributed by atoms with E-state index in [4.69, 9.17) is 34.6 Å². The summed E-state index contributed by atoms with van der Waals surface area (Å²) in [5.41, 5.74) is 0. The number of carbonyl (C=O) groups is 2. The zero-order valence-corrected chi connectivity index (χ0v) is 14.7. The first kappa shape index (κ1) is 26.3. The van der Waals surface area contributed by atoms with E-state index in [-0.39, 0.29) is 83.8 Å². The van der Waals surface area contributed by atoms with Gasteiger partial charge in [-0.15, -0.1) is 0 Å². The summed E-state index contributed by atoms with van der Waals surface area (Å²) in [5.74, 6) is -2.85. The van der Waals surface area contributed by atoms with Crippen molar-refractivity contribution in [1.29, 1.82) is 0 Å². The Hall–Kier alpha value is 1.65. The molecule has 0 rings (SSSR count). The zero-order valence-electron chi connectivity index (χ0n) is 10.6. The third-order valence-corrected chi connectivity index (χ3v) is 0.653. The Balaban J connectivity index is -0.0000000359. The Bertz CT molecular complexity index is 253. The maximum atomic E-state index is 9.72. The molecular formula is C4H11KNaO9P. The second-order valence-corrected chi connectivity index (χ2v) is 2.99. The van der Waals surface area contributed by atoms with Crippen LogP contribution in [0.5, 0.6) is 0 Å². The SMILES string of the molecule is O=C(O)CC(O)C(=O)O.O=P(O)(O)O.[H-].[H-].[K+].[Na+]. The minimum Gasteiger partial charge on any atom is -1.00 e. The molecule has 0 aromatic carbocycles. The molecule has 1 atom stereocenters. The van der Waals surface area contributed by atoms with Gasteiger partial charge in [0.2, 0.25) is 0 Å². The number of hydrogen-bond acceptors (Lipinski definition) is 4. The third kappa shape index (κ3) is 36.1. The van der Waals surface area contributed by atoms with Gasteiger partial charge in [0.25, 0.3) is 0 Å². The van der Waals surface area contributed by atoms with Gasteiger partial charge in [0, 0.05) is 0 Å². The van der Waals surface area contributed by atoms with Gasteiger partial charge in [0.15, 0.2) is 6.10 Å². The predicted molar refractivity (Wildman–Crippen MR) is 42.4 cm³/mol. The molecule has 88 valence electrons. The fourth-order valence-corrected chi connectivity index (χ4v) is 0.253. The first-order valence-corrected chi connectivity index (χ1v) is 4.51. The molecule has 6 N–H and O–H groups in total. The van der Waals surface area contributed by atoms with E-state index in [0.717, 1.165) is 0 Å². The Labute approximate surface area is 158 Å². The van der Waals surface area contributed by atoms with Crippen molar-refractivity contribution in [1.82, 2.24) is 0 Å². The molecule has 12 heteroatoms. The molecule has 0 fully saturated rings. The van der Waals surface area contributed by atoms with Crippen LogP contribution in [0.25, 0.3) is 0 Å². The van der Waals surface area contributed by atoms with E-state index in [2.05, 4.69) is 0 Å². The van der Waals surface area contributed by atoms with Gasteiger partial charge < -0.3 is 32.9 Å². The van der Waals surface area contributed by atoms with Gasteiger partial charge in [-0.3, -0.25) is 4.79 Å². The van der Waals surface area contributed by atoms with Crippen molar-refractivity contribution < 1.29 is 128 Å². The molecule has 0 spiro atoms. The molecule has 0 saturated heterocycles. The maximum absolute atomic E-state index is 9.72. The van der Waals surface area contributed by atoms with E-state index in [1.54, 1.807) is 0 Å². The van der Waals surface area contributed by atoms with Crippen LogP contribution >= 0.6 is 7.82 Å². The molecule has 16 heavy (non-hydrogen) atoms. The van der Waals surface area contributed by atoms with Crippen molar-refractivity contribution in [3.63, 3.8) is 0 Å². The van der Waals surface area contributed by atoms with Crippen LogP contribution in [-0.4, -0.2) is 48.0 Å². The van der Waals surface area contributed by atoms with Crippen molar-refractivity contribution in [3.05, 3.63) is 0 Å². The molecule has 0 bridgehead atoms. The number of rotatable bonds is 3. The number of phosphoric acid groups is 1. The van der Waals surface area contributed by atoms with E-state index >= 15 is 0 Å². The zero-order chi connectivity index (χ0) is 11.9. The standard InChI is InChI=1S/C4H6O5.K.Na.H3O4P.2H/c5-2(4(8)9)1-3(6)7;;;1-5(2,3)4;;/h2,5H,1H2,(H,6,7)(H,8,9);;;(H3,1,2,3,4);;/q;2*+1;;2*-1. The van der Waals surface area contributed by atoms with Gasteiger partial charge in [0.1, 0.15) is 0 Å². The molecule has 1 unspecified atom stereocenters. The molecular weight excluding hydrogens is 285 g/mol. The van der Waals surface area contributed by atoms with Gasteiger partial charge in [-0.2, -0.15) is 0 Å². The Morgan fingerprint density at radius 2 is 1.44 bits per heavy atom. The quantitative estimate of drug-likeness (QED) is 0.218. The van der Waals surface area contributed by atoms with Crippen LogP contribution in [0, 0.1) is 0 Å². The Kier molecular flexibility index (Phi) is 21.5. The van der Waals surface area contributed by atoms with E-state index in [0.29, 0.717) is 0 Å². The van der Waals surface area contributed by atoms with Gasteiger partial charge in [-0.1, -0.05) is 0 Å². The van der Waals surface area contributed by atoms with Crippen molar-refractivity contribution in [2.24, 2.45) is 0 Å². The van der Waals surface area contributed by atoms with Crippen LogP contribution in [0.3, 0.4) is 0 Å². The number of aliphatic hydroxyl groups excluding tert-OH is 1. The van der Waals surface area contributed by atoms with E-state index in [1.807, 2.05) is 0 Å². The van der Waals surface area contributed by atoms with Crippen LogP contribution in [0.2, 0.25) is 0 Å². The smallest absolute Gasteiger partial charge is 1.00 e. The summed E-state index contributed by atoms with van der Waals surface area (Å²) in [6.07, 6.45) is -2.54. The average molecular weight is 296 g/mol. The fraction of sp³-hybridized carbons (Fsp3) is 0.500. The van der Waals surface area contributed by atoms with Gasteiger partial charge in [-0.25, -0.2) is 9.36 Å². The summed E-state index contributed by atoms with van der Waals surface area (Å²) >= 11 is 0. The molecule has 0 saturated carbocycles. The number of aliphatic carboxylic acids is 2. The number of aliphatic hydroxyl groups is 1. The third-order valence-electron chi connectivity index (χ3n) is 0.653. The van der Waals surface area contributed by atoms with Crippen LogP contribution < -0.4 is 80.9 Å². The summed E-state index contributed by atoms with van der Waals surface area (Å²) < 4.78 is 8.88. The fourth-order valence-electron chi connectivity index (χ4n) is 0.253. The minimum absolute atomic E-state index is 0. The minimum atomic E-state index is -4.64. The van der Waals surface area contributed by atoms with Crippen LogP contribution in [0.4, 0.5) is 0 Å². The van der Waals surface area contributed by atoms with Crippen molar-refractivity contribution >= 4 is 19.8 Å². The summed E-state index contributed by atoms with van der Waals surface area (Å²) in [6, 6.07) is 0. The van der Waals surface area contributed by atoms with Crippen LogP contribution in [-0.2, 0) is 14.2 Å². The maximum Gasteiger partial charge on any atom is 1.00 e. The van der Waals surface area contributed by atoms with E-state index < -0.39 is 32.3 Å². The molecule has 0 aromatic heterocycles. The normalized spacial score (nSPS) is 10.8. The Morgan fingerprint density at radius 3 is 1.50 bits per heavy atom. The van der Waals surface area contributed by atoms with Gasteiger partial charge in [0.05, 0.1) is 6.42 Å². The van der Waals surface area contributed by atoms with Crippen molar-refractivity contribution in [2.75, 3.05) is 0 Å². The molecule has 0 amide bonds. The summed E-state index contributed by atoms with van der Waals surface area (Å²) in [6.45, 7) is 0. The van der Waals surface area contributed by atoms with E-state index in [1.165, 1.54) is 0 Å². The molecule has 0 aliphatic heterocycles. The van der Waals surface area contributed by atoms with Gasteiger partial charge in [-0.05, 0) is 0 Å². The van der Waals surface area contributed by atoms with Gasteiger partial charge >= 0.3 is 101 Å². The molecule has 0 aliphatic rings. The molecule has 0 heterocycles. The second-order valence-electron chi connectivity index (χ2n) is 1.97. The summed E-state index contributed by atoms with van der Waals surface area (Å²) in [7, 11) is -4.64. The monoisotopic (exact) mass is 296 g/mol. The number of hydrogen-bond donors (Lipinski definition) is 6. The first-order chi connectivity index (χ1) is 6.04. The molecule has 0 aromatic rings. The van der Waals surface area contributed by atoms with Crippen molar-refractivity contribution in [2.45, 2.75) is 12.5 Å². The number of carboxylic acids is 2. The van der Waals surface area contributed by atoms with Crippen LogP contribution in [0.1, 0.15) is 9.27 Å². The number of carboxylic acid groups (broad SMARTS) is 2. The molecule has 0 radical (unpaired) electrons. The largest absolute Gasteiger partial charge is 1.00 e. The first-order valence-electron chi connectivity index (χ1n) is 2.95. The summed E-state index contributed by atoms with van der Waals surface area (Å²) in [4.78, 5) is 41.0. The Morgan fingerprint density at radius 1 is 1.19 bits per heavy atom. The second kappa shape index (κ2) is 13.1. The summed E-state index contributed by atoms with van der Waals surface area (Å²) in [5, 5.41) is 24.1. The van der Waals surface area contributed by atoms with Crippen molar-refractivity contribution in [3.8, 4) is 0 Å². The van der Waals surface area contributed by atoms with E-state index in [9.17, 15) is 9.59 Å². The molecule has 0 aliphatic carbocycles. The van der Waals surface area contributed by atoms with Crippen LogP contribution in [0.15, 0.2) is 0 Å². The topological polar surface area (TPSA) is 173 Å². The predicted octanol–water partition coefficient (Wildman–Crippen LogP) is -7.79. The average Bonchev–Trinajstić information content (AvgIpc) is 1.80. The molecule has 9 nitrogen and oxygen atoms in total.